The number of amides is 1. The normalized spacial score (nSPS) is 11.5. The van der Waals surface area contributed by atoms with Gasteiger partial charge in [0.05, 0.1) is 28.4 Å². The minimum Gasteiger partial charge on any atom is -0.496 e. The molecule has 3 aromatic rings. The van der Waals surface area contributed by atoms with Crippen LogP contribution in [-0.4, -0.2) is 34.2 Å². The molecule has 0 saturated carbocycles. The molecule has 1 amide bonds. The van der Waals surface area contributed by atoms with Crippen molar-refractivity contribution in [2.75, 3.05) is 18.0 Å². The Morgan fingerprint density at radius 3 is 2.34 bits per heavy atom. The van der Waals surface area contributed by atoms with Crippen molar-refractivity contribution in [3.8, 4) is 5.75 Å². The summed E-state index contributed by atoms with van der Waals surface area (Å²) in [5, 5.41) is 4.06. The Hall–Kier alpha value is -3.17. The van der Waals surface area contributed by atoms with Crippen molar-refractivity contribution in [1.29, 1.82) is 0 Å². The van der Waals surface area contributed by atoms with E-state index in [1.54, 1.807) is 36.5 Å². The van der Waals surface area contributed by atoms with E-state index in [1.165, 1.54) is 24.8 Å². The number of halogens is 1. The summed E-state index contributed by atoms with van der Waals surface area (Å²) in [6, 6.07) is 15.3. The average molecular weight is 558 g/mol. The lowest BCUT2D eigenvalue weighted by atomic mass is 10.00. The fourth-order valence-corrected chi connectivity index (χ4v) is 5.56. The largest absolute Gasteiger partial charge is 0.496 e. The molecule has 0 aliphatic rings. The smallest absolute Gasteiger partial charge is 0.264 e. The highest BCUT2D eigenvalue weighted by Gasteiger charge is 2.28. The molecule has 0 heterocycles. The van der Waals surface area contributed by atoms with E-state index in [9.17, 15) is 13.2 Å². The highest BCUT2D eigenvalue weighted by molar-refractivity contribution is 9.10. The molecule has 0 spiro atoms. The third-order valence-electron chi connectivity index (χ3n) is 5.81. The first kappa shape index (κ1) is 26.4. The summed E-state index contributed by atoms with van der Waals surface area (Å²) < 4.78 is 33.9. The van der Waals surface area contributed by atoms with Gasteiger partial charge in [-0.2, -0.15) is 5.10 Å². The fraction of sp³-hybridized carbons (Fsp3) is 0.231. The molecular formula is C26H28BrN3O4S. The minimum absolute atomic E-state index is 0.0211. The second-order valence-electron chi connectivity index (χ2n) is 8.16. The van der Waals surface area contributed by atoms with Crippen molar-refractivity contribution in [1.82, 2.24) is 5.43 Å². The number of nitrogens with zero attached hydrogens (tertiary/aromatic N) is 2. The van der Waals surface area contributed by atoms with E-state index in [4.69, 9.17) is 4.74 Å². The van der Waals surface area contributed by atoms with Crippen LogP contribution in [-0.2, 0) is 14.8 Å². The Morgan fingerprint density at radius 2 is 1.71 bits per heavy atom. The first-order valence-corrected chi connectivity index (χ1v) is 13.1. The Bertz CT molecular complexity index is 1370. The Balaban J connectivity index is 1.88. The number of aryl methyl sites for hydroxylation is 2. The van der Waals surface area contributed by atoms with Crippen LogP contribution < -0.4 is 14.5 Å². The molecule has 0 saturated heterocycles. The van der Waals surface area contributed by atoms with Crippen molar-refractivity contribution in [2.45, 2.75) is 32.6 Å². The molecule has 0 atom stereocenters. The van der Waals surface area contributed by atoms with E-state index in [1.807, 2.05) is 39.8 Å². The molecule has 0 bridgehead atoms. The van der Waals surface area contributed by atoms with Crippen LogP contribution in [0.5, 0.6) is 5.75 Å². The second-order valence-corrected chi connectivity index (χ2v) is 10.9. The molecule has 1 N–H and O–H groups in total. The number of carbonyl (C=O) groups excluding carboxylic acids is 1. The van der Waals surface area contributed by atoms with E-state index in [0.717, 1.165) is 26.6 Å². The van der Waals surface area contributed by atoms with Crippen LogP contribution in [0.4, 0.5) is 5.69 Å². The van der Waals surface area contributed by atoms with Gasteiger partial charge < -0.3 is 4.74 Å². The van der Waals surface area contributed by atoms with E-state index in [0.29, 0.717) is 15.9 Å². The predicted molar refractivity (Wildman–Crippen MR) is 143 cm³/mol. The molecule has 0 radical (unpaired) electrons. The second kappa shape index (κ2) is 11.0. The van der Waals surface area contributed by atoms with E-state index < -0.39 is 22.5 Å². The zero-order valence-electron chi connectivity index (χ0n) is 20.3. The summed E-state index contributed by atoms with van der Waals surface area (Å²) in [6.07, 6.45) is 1.56. The van der Waals surface area contributed by atoms with Crippen molar-refractivity contribution in [3.05, 3.63) is 86.9 Å². The van der Waals surface area contributed by atoms with Gasteiger partial charge in [0.2, 0.25) is 0 Å². The molecule has 0 fully saturated rings. The van der Waals surface area contributed by atoms with Crippen LogP contribution in [0.2, 0.25) is 0 Å². The van der Waals surface area contributed by atoms with Crippen LogP contribution >= 0.6 is 15.9 Å². The summed E-state index contributed by atoms with van der Waals surface area (Å²) in [5.41, 5.74) is 8.06. The summed E-state index contributed by atoms with van der Waals surface area (Å²) in [4.78, 5) is 12.8. The quantitative estimate of drug-likeness (QED) is 0.310. The highest BCUT2D eigenvalue weighted by atomic mass is 79.9. The lowest BCUT2D eigenvalue weighted by molar-refractivity contribution is -0.119. The maximum absolute atomic E-state index is 13.6. The summed E-state index contributed by atoms with van der Waals surface area (Å²) >= 11 is 3.33. The van der Waals surface area contributed by atoms with Crippen molar-refractivity contribution in [2.24, 2.45) is 5.10 Å². The first-order valence-electron chi connectivity index (χ1n) is 10.9. The van der Waals surface area contributed by atoms with Gasteiger partial charge in [-0.15, -0.1) is 0 Å². The molecule has 0 aliphatic heterocycles. The molecule has 0 unspecified atom stereocenters. The Kier molecular flexibility index (Phi) is 8.34. The number of nitrogens with one attached hydrogen (secondary N) is 1. The number of ether oxygens (including phenoxy) is 1. The lowest BCUT2D eigenvalue weighted by Gasteiger charge is -2.24. The number of sulfonamides is 1. The molecular weight excluding hydrogens is 530 g/mol. The van der Waals surface area contributed by atoms with Gasteiger partial charge in [0, 0.05) is 0 Å². The van der Waals surface area contributed by atoms with Crippen molar-refractivity contribution >= 4 is 43.8 Å². The highest BCUT2D eigenvalue weighted by Crippen LogP contribution is 2.30. The lowest BCUT2D eigenvalue weighted by Crippen LogP contribution is -2.39. The van der Waals surface area contributed by atoms with E-state index >= 15 is 0 Å². The molecule has 9 heteroatoms. The Morgan fingerprint density at radius 1 is 1.03 bits per heavy atom. The van der Waals surface area contributed by atoms with E-state index in [2.05, 4.69) is 26.5 Å². The van der Waals surface area contributed by atoms with Crippen LogP contribution in [0.3, 0.4) is 0 Å². The zero-order valence-corrected chi connectivity index (χ0v) is 22.7. The molecule has 7 nitrogen and oxygen atoms in total. The minimum atomic E-state index is -4.07. The van der Waals surface area contributed by atoms with Gasteiger partial charge in [0.15, 0.2) is 0 Å². The molecule has 0 aromatic heterocycles. The standard InChI is InChI=1S/C26H28BrN3O4S/c1-17-6-10-22(11-7-17)30(35(32,33)23-12-13-25(34-5)24(27)14-23)16-26(31)29-28-15-21-9-8-18(2)19(3)20(21)4/h6-15H,16H2,1-5H3,(H,29,31)/b28-15-. The number of hydrazone groups is 1. The topological polar surface area (TPSA) is 88.1 Å². The Labute approximate surface area is 215 Å². The third-order valence-corrected chi connectivity index (χ3v) is 8.20. The predicted octanol–water partition coefficient (Wildman–Crippen LogP) is 5.04. The number of hydrogen-bond donors (Lipinski definition) is 1. The van der Waals surface area contributed by atoms with Gasteiger partial charge in [-0.25, -0.2) is 13.8 Å². The molecule has 3 aromatic carbocycles. The van der Waals surface area contributed by atoms with Gasteiger partial charge in [0.1, 0.15) is 12.3 Å². The van der Waals surface area contributed by atoms with Crippen molar-refractivity contribution < 1.29 is 17.9 Å². The summed E-state index contributed by atoms with van der Waals surface area (Å²) in [7, 11) is -2.57. The number of benzene rings is 3. The maximum atomic E-state index is 13.6. The van der Waals surface area contributed by atoms with Gasteiger partial charge in [0.25, 0.3) is 15.9 Å². The number of carbonyl (C=O) groups is 1. The molecule has 0 aliphatic carbocycles. The van der Waals surface area contributed by atoms with E-state index in [-0.39, 0.29) is 4.90 Å². The van der Waals surface area contributed by atoms with Crippen molar-refractivity contribution in [3.63, 3.8) is 0 Å². The van der Waals surface area contributed by atoms with Gasteiger partial charge >= 0.3 is 0 Å². The monoisotopic (exact) mass is 557 g/mol. The third kappa shape index (κ3) is 6.10. The van der Waals surface area contributed by atoms with Crippen LogP contribution in [0.25, 0.3) is 0 Å². The number of anilines is 1. The summed E-state index contributed by atoms with van der Waals surface area (Å²) in [5.74, 6) is -0.0704. The van der Waals surface area contributed by atoms with Gasteiger partial charge in [-0.05, 0) is 96.2 Å². The fourth-order valence-electron chi connectivity index (χ4n) is 3.42. The van der Waals surface area contributed by atoms with Crippen LogP contribution in [0.1, 0.15) is 27.8 Å². The average Bonchev–Trinajstić information content (AvgIpc) is 2.83. The molecule has 35 heavy (non-hydrogen) atoms. The van der Waals surface area contributed by atoms with Gasteiger partial charge in [-0.3, -0.25) is 9.10 Å². The maximum Gasteiger partial charge on any atom is 0.264 e. The number of rotatable bonds is 8. The van der Waals surface area contributed by atoms with Gasteiger partial charge in [-0.1, -0.05) is 29.8 Å². The van der Waals surface area contributed by atoms with Crippen LogP contribution in [0.15, 0.2) is 69.1 Å². The SMILES string of the molecule is COc1ccc(S(=O)(=O)N(CC(=O)N/N=C\c2ccc(C)c(C)c2C)c2ccc(C)cc2)cc1Br. The molecule has 3 rings (SSSR count). The molecule has 184 valence electrons. The first-order chi connectivity index (χ1) is 16.5. The number of hydrogen-bond acceptors (Lipinski definition) is 5. The summed E-state index contributed by atoms with van der Waals surface area (Å²) in [6.45, 7) is 7.51. The van der Waals surface area contributed by atoms with Crippen LogP contribution in [0, 0.1) is 27.7 Å². The zero-order chi connectivity index (χ0) is 25.8. The number of methoxy groups -OCH3 is 1.